The Balaban J connectivity index is 2.26. The summed E-state index contributed by atoms with van der Waals surface area (Å²) in [6.07, 6.45) is 2.33. The second-order valence-corrected chi connectivity index (χ2v) is 4.53. The van der Waals surface area contributed by atoms with Gasteiger partial charge in [0.2, 0.25) is 5.91 Å². The molecule has 0 saturated carbocycles. The molecule has 6 nitrogen and oxygen atoms in total. The lowest BCUT2D eigenvalue weighted by Gasteiger charge is -2.21. The highest BCUT2D eigenvalue weighted by molar-refractivity contribution is 5.82. The van der Waals surface area contributed by atoms with Crippen LogP contribution in [0.5, 0.6) is 0 Å². The number of carboxylic acid groups (broad SMARTS) is 1. The van der Waals surface area contributed by atoms with Crippen LogP contribution in [0.2, 0.25) is 0 Å². The Kier molecular flexibility index (Phi) is 5.37. The molecule has 2 atom stereocenters. The quantitative estimate of drug-likeness (QED) is 0.572. The van der Waals surface area contributed by atoms with Crippen LogP contribution < -0.4 is 10.6 Å². The van der Waals surface area contributed by atoms with Crippen molar-refractivity contribution in [3.05, 3.63) is 0 Å². The molecular formula is C11H21N3O3. The maximum atomic E-state index is 10.9. The van der Waals surface area contributed by atoms with Crippen LogP contribution in [-0.4, -0.2) is 60.6 Å². The highest BCUT2D eigenvalue weighted by Gasteiger charge is 2.22. The molecule has 1 fully saturated rings. The zero-order valence-corrected chi connectivity index (χ0v) is 10.4. The van der Waals surface area contributed by atoms with Gasteiger partial charge in [0.15, 0.2) is 0 Å². The van der Waals surface area contributed by atoms with Crippen molar-refractivity contribution in [1.29, 1.82) is 0 Å². The molecule has 1 amide bonds. The number of carboxylic acids is 1. The number of likely N-dealkylation sites (N-methyl/N-ethyl adjacent to an activating group) is 1. The molecule has 1 saturated heterocycles. The number of likely N-dealkylation sites (tertiary alicyclic amines) is 1. The number of hydrogen-bond donors (Lipinski definition) is 3. The van der Waals surface area contributed by atoms with Gasteiger partial charge in [0, 0.05) is 26.1 Å². The van der Waals surface area contributed by atoms with Gasteiger partial charge < -0.3 is 20.6 Å². The molecule has 1 heterocycles. The molecule has 1 rings (SSSR count). The summed E-state index contributed by atoms with van der Waals surface area (Å²) in [5.41, 5.74) is 0. The van der Waals surface area contributed by atoms with Crippen molar-refractivity contribution >= 4 is 11.9 Å². The van der Waals surface area contributed by atoms with Crippen molar-refractivity contribution in [1.82, 2.24) is 15.5 Å². The predicted octanol–water partition coefficient (Wildman–Crippen LogP) is -0.740. The molecule has 98 valence electrons. The second-order valence-electron chi connectivity index (χ2n) is 4.53. The lowest BCUT2D eigenvalue weighted by molar-refractivity contribution is -0.141. The van der Waals surface area contributed by atoms with Gasteiger partial charge in [0.1, 0.15) is 6.04 Å². The summed E-state index contributed by atoms with van der Waals surface area (Å²) in [5, 5.41) is 14.4. The molecule has 0 spiro atoms. The van der Waals surface area contributed by atoms with E-state index in [1.54, 1.807) is 0 Å². The Morgan fingerprint density at radius 2 is 2.24 bits per heavy atom. The SMILES string of the molecule is CC(=O)NC(CNCC1CCCN1C)C(=O)O. The van der Waals surface area contributed by atoms with Gasteiger partial charge in [-0.25, -0.2) is 4.79 Å². The number of aliphatic carboxylic acids is 1. The molecule has 0 aromatic rings. The standard InChI is InChI=1S/C11H21N3O3/c1-8(15)13-10(11(16)17)7-12-6-9-4-3-5-14(9)2/h9-10,12H,3-7H2,1-2H3,(H,13,15)(H,16,17). The summed E-state index contributed by atoms with van der Waals surface area (Å²) in [5.74, 6) is -1.33. The van der Waals surface area contributed by atoms with Gasteiger partial charge >= 0.3 is 5.97 Å². The van der Waals surface area contributed by atoms with Gasteiger partial charge in [-0.15, -0.1) is 0 Å². The highest BCUT2D eigenvalue weighted by Crippen LogP contribution is 2.13. The van der Waals surface area contributed by atoms with Gasteiger partial charge in [0.25, 0.3) is 0 Å². The number of hydrogen-bond acceptors (Lipinski definition) is 4. The van der Waals surface area contributed by atoms with Crippen molar-refractivity contribution in [2.75, 3.05) is 26.7 Å². The monoisotopic (exact) mass is 243 g/mol. The maximum absolute atomic E-state index is 10.9. The molecule has 0 aliphatic carbocycles. The third-order valence-electron chi connectivity index (χ3n) is 3.08. The maximum Gasteiger partial charge on any atom is 0.327 e. The molecule has 0 bridgehead atoms. The Morgan fingerprint density at radius 3 is 2.71 bits per heavy atom. The summed E-state index contributed by atoms with van der Waals surface area (Å²) in [6.45, 7) is 3.44. The van der Waals surface area contributed by atoms with E-state index < -0.39 is 12.0 Å². The Hall–Kier alpha value is -1.14. The van der Waals surface area contributed by atoms with Crippen LogP contribution in [0.1, 0.15) is 19.8 Å². The summed E-state index contributed by atoms with van der Waals surface area (Å²) in [4.78, 5) is 23.9. The third kappa shape index (κ3) is 4.70. The molecule has 1 aliphatic heterocycles. The van der Waals surface area contributed by atoms with E-state index in [0.717, 1.165) is 19.5 Å². The normalized spacial score (nSPS) is 22.4. The van der Waals surface area contributed by atoms with Gasteiger partial charge in [-0.3, -0.25) is 4.79 Å². The Labute approximate surface area is 101 Å². The van der Waals surface area contributed by atoms with Gasteiger partial charge in [-0.05, 0) is 26.4 Å². The fourth-order valence-electron chi connectivity index (χ4n) is 2.08. The van der Waals surface area contributed by atoms with Crippen molar-refractivity contribution in [2.45, 2.75) is 31.8 Å². The van der Waals surface area contributed by atoms with Crippen molar-refractivity contribution in [3.8, 4) is 0 Å². The molecule has 1 aliphatic rings. The molecular weight excluding hydrogens is 222 g/mol. The Bertz CT molecular complexity index is 283. The van der Waals surface area contributed by atoms with Crippen molar-refractivity contribution in [2.24, 2.45) is 0 Å². The predicted molar refractivity (Wildman–Crippen MR) is 63.8 cm³/mol. The largest absolute Gasteiger partial charge is 0.480 e. The fourth-order valence-corrected chi connectivity index (χ4v) is 2.08. The van der Waals surface area contributed by atoms with Crippen LogP contribution in [0.4, 0.5) is 0 Å². The van der Waals surface area contributed by atoms with E-state index in [1.165, 1.54) is 13.3 Å². The van der Waals surface area contributed by atoms with E-state index >= 15 is 0 Å². The minimum Gasteiger partial charge on any atom is -0.480 e. The Morgan fingerprint density at radius 1 is 1.53 bits per heavy atom. The fraction of sp³-hybridized carbons (Fsp3) is 0.818. The first-order chi connectivity index (χ1) is 8.00. The van der Waals surface area contributed by atoms with Gasteiger partial charge in [0.05, 0.1) is 0 Å². The number of rotatable bonds is 6. The van der Waals surface area contributed by atoms with E-state index in [0.29, 0.717) is 6.04 Å². The zero-order chi connectivity index (χ0) is 12.8. The topological polar surface area (TPSA) is 81.7 Å². The smallest absolute Gasteiger partial charge is 0.327 e. The average Bonchev–Trinajstić information content (AvgIpc) is 2.62. The summed E-state index contributed by atoms with van der Waals surface area (Å²) >= 11 is 0. The number of carbonyl (C=O) groups excluding carboxylic acids is 1. The van der Waals surface area contributed by atoms with E-state index in [-0.39, 0.29) is 12.5 Å². The molecule has 17 heavy (non-hydrogen) atoms. The number of nitrogens with one attached hydrogen (secondary N) is 2. The third-order valence-corrected chi connectivity index (χ3v) is 3.08. The molecule has 2 unspecified atom stereocenters. The van der Waals surface area contributed by atoms with Gasteiger partial charge in [-0.2, -0.15) is 0 Å². The molecule has 0 radical (unpaired) electrons. The van der Waals surface area contributed by atoms with Crippen LogP contribution >= 0.6 is 0 Å². The average molecular weight is 243 g/mol. The first-order valence-corrected chi connectivity index (χ1v) is 5.91. The van der Waals surface area contributed by atoms with Crippen molar-refractivity contribution in [3.63, 3.8) is 0 Å². The van der Waals surface area contributed by atoms with E-state index in [2.05, 4.69) is 22.6 Å². The van der Waals surface area contributed by atoms with Crippen LogP contribution in [0.3, 0.4) is 0 Å². The molecule has 0 aromatic heterocycles. The lowest BCUT2D eigenvalue weighted by Crippen LogP contribution is -2.48. The number of carbonyl (C=O) groups is 2. The van der Waals surface area contributed by atoms with Crippen LogP contribution in [0.15, 0.2) is 0 Å². The first-order valence-electron chi connectivity index (χ1n) is 5.91. The lowest BCUT2D eigenvalue weighted by atomic mass is 10.2. The van der Waals surface area contributed by atoms with E-state index in [4.69, 9.17) is 5.11 Å². The van der Waals surface area contributed by atoms with Crippen LogP contribution in [0, 0.1) is 0 Å². The second kappa shape index (κ2) is 6.56. The first kappa shape index (κ1) is 13.9. The zero-order valence-electron chi connectivity index (χ0n) is 10.4. The summed E-state index contributed by atoms with van der Waals surface area (Å²) in [7, 11) is 2.07. The highest BCUT2D eigenvalue weighted by atomic mass is 16.4. The van der Waals surface area contributed by atoms with E-state index in [1.807, 2.05) is 0 Å². The molecule has 3 N–H and O–H groups in total. The van der Waals surface area contributed by atoms with Crippen LogP contribution in [0.25, 0.3) is 0 Å². The minimum atomic E-state index is -1.01. The van der Waals surface area contributed by atoms with Gasteiger partial charge in [-0.1, -0.05) is 0 Å². The summed E-state index contributed by atoms with van der Waals surface area (Å²) in [6, 6.07) is -0.374. The van der Waals surface area contributed by atoms with Crippen molar-refractivity contribution < 1.29 is 14.7 Å². The minimum absolute atomic E-state index is 0.263. The van der Waals surface area contributed by atoms with E-state index in [9.17, 15) is 9.59 Å². The number of nitrogens with zero attached hydrogens (tertiary/aromatic N) is 1. The molecule has 0 aromatic carbocycles. The summed E-state index contributed by atoms with van der Waals surface area (Å²) < 4.78 is 0. The molecule has 6 heteroatoms. The van der Waals surface area contributed by atoms with Crippen LogP contribution in [-0.2, 0) is 9.59 Å². The number of amides is 1.